The SMILES string of the molecule is CC1(C)CC(O)(Cc2ccns2)C1. The maximum atomic E-state index is 10.1. The van der Waals surface area contributed by atoms with Gasteiger partial charge in [0.1, 0.15) is 0 Å². The van der Waals surface area contributed by atoms with Crippen molar-refractivity contribution >= 4 is 11.5 Å². The van der Waals surface area contributed by atoms with Crippen LogP contribution in [-0.2, 0) is 6.42 Å². The zero-order chi connectivity index (χ0) is 9.53. The fourth-order valence-electron chi connectivity index (χ4n) is 2.51. The van der Waals surface area contributed by atoms with Gasteiger partial charge >= 0.3 is 0 Å². The van der Waals surface area contributed by atoms with Crippen LogP contribution in [0.5, 0.6) is 0 Å². The first kappa shape index (κ1) is 9.16. The van der Waals surface area contributed by atoms with Crippen molar-refractivity contribution in [2.24, 2.45) is 5.41 Å². The lowest BCUT2D eigenvalue weighted by molar-refractivity contribution is -0.111. The highest BCUT2D eigenvalue weighted by Crippen LogP contribution is 2.49. The van der Waals surface area contributed by atoms with Crippen LogP contribution in [0.2, 0.25) is 0 Å². The standard InChI is InChI=1S/C10H15NOS/c1-9(2)6-10(12,7-9)5-8-3-4-11-13-8/h3-4,12H,5-7H2,1-2H3. The summed E-state index contributed by atoms with van der Waals surface area (Å²) in [7, 11) is 0. The zero-order valence-electron chi connectivity index (χ0n) is 8.08. The van der Waals surface area contributed by atoms with Crippen molar-refractivity contribution < 1.29 is 5.11 Å². The average Bonchev–Trinajstić information content (AvgIpc) is 2.33. The van der Waals surface area contributed by atoms with Crippen molar-refractivity contribution in [2.75, 3.05) is 0 Å². The zero-order valence-corrected chi connectivity index (χ0v) is 8.90. The van der Waals surface area contributed by atoms with Gasteiger partial charge in [-0.2, -0.15) is 0 Å². The highest BCUT2D eigenvalue weighted by atomic mass is 32.1. The quantitative estimate of drug-likeness (QED) is 0.788. The van der Waals surface area contributed by atoms with Crippen LogP contribution in [0.3, 0.4) is 0 Å². The first-order chi connectivity index (χ1) is 5.99. The van der Waals surface area contributed by atoms with Gasteiger partial charge in [0.15, 0.2) is 0 Å². The van der Waals surface area contributed by atoms with Gasteiger partial charge in [-0.25, -0.2) is 4.37 Å². The highest BCUT2D eigenvalue weighted by Gasteiger charge is 2.47. The number of hydrogen-bond acceptors (Lipinski definition) is 3. The smallest absolute Gasteiger partial charge is 0.0706 e. The Morgan fingerprint density at radius 1 is 1.54 bits per heavy atom. The summed E-state index contributed by atoms with van der Waals surface area (Å²) in [5, 5.41) is 10.1. The van der Waals surface area contributed by atoms with Gasteiger partial charge in [0.2, 0.25) is 0 Å². The largest absolute Gasteiger partial charge is 0.389 e. The lowest BCUT2D eigenvalue weighted by atomic mass is 9.60. The topological polar surface area (TPSA) is 33.1 Å². The molecule has 13 heavy (non-hydrogen) atoms. The summed E-state index contributed by atoms with van der Waals surface area (Å²) < 4.78 is 4.03. The number of rotatable bonds is 2. The summed E-state index contributed by atoms with van der Waals surface area (Å²) in [6, 6.07) is 1.99. The maximum absolute atomic E-state index is 10.1. The molecule has 72 valence electrons. The molecule has 1 N–H and O–H groups in total. The average molecular weight is 197 g/mol. The molecule has 0 bridgehead atoms. The van der Waals surface area contributed by atoms with E-state index >= 15 is 0 Å². The van der Waals surface area contributed by atoms with Crippen LogP contribution in [-0.4, -0.2) is 15.1 Å². The first-order valence-electron chi connectivity index (χ1n) is 4.61. The summed E-state index contributed by atoms with van der Waals surface area (Å²) in [5.74, 6) is 0. The predicted octanol–water partition coefficient (Wildman–Crippen LogP) is 2.24. The fraction of sp³-hybridized carbons (Fsp3) is 0.700. The Hall–Kier alpha value is -0.410. The molecule has 1 aliphatic rings. The molecule has 1 aromatic heterocycles. The molecule has 0 saturated heterocycles. The Labute approximate surface area is 82.8 Å². The minimum atomic E-state index is -0.448. The lowest BCUT2D eigenvalue weighted by Crippen LogP contribution is -2.50. The number of aromatic nitrogens is 1. The normalized spacial score (nSPS) is 23.9. The van der Waals surface area contributed by atoms with Crippen LogP contribution in [0.25, 0.3) is 0 Å². The third-order valence-corrected chi connectivity index (χ3v) is 3.35. The first-order valence-corrected chi connectivity index (χ1v) is 5.39. The third kappa shape index (κ3) is 1.92. The van der Waals surface area contributed by atoms with Crippen LogP contribution in [0.4, 0.5) is 0 Å². The van der Waals surface area contributed by atoms with E-state index in [0.29, 0.717) is 5.41 Å². The molecule has 0 amide bonds. The number of nitrogens with zero attached hydrogens (tertiary/aromatic N) is 1. The van der Waals surface area contributed by atoms with Gasteiger partial charge in [0.05, 0.1) is 5.60 Å². The maximum Gasteiger partial charge on any atom is 0.0706 e. The molecule has 2 rings (SSSR count). The molecule has 1 aromatic rings. The van der Waals surface area contributed by atoms with E-state index in [1.807, 2.05) is 6.07 Å². The van der Waals surface area contributed by atoms with Crippen LogP contribution < -0.4 is 0 Å². The molecule has 0 radical (unpaired) electrons. The molecule has 3 heteroatoms. The minimum absolute atomic E-state index is 0.333. The molecular formula is C10H15NOS. The second-order valence-electron chi connectivity index (χ2n) is 4.90. The second kappa shape index (κ2) is 2.79. The van der Waals surface area contributed by atoms with Crippen molar-refractivity contribution in [1.82, 2.24) is 4.37 Å². The second-order valence-corrected chi connectivity index (χ2v) is 5.82. The van der Waals surface area contributed by atoms with Crippen molar-refractivity contribution in [3.05, 3.63) is 17.1 Å². The van der Waals surface area contributed by atoms with Gasteiger partial charge in [-0.15, -0.1) is 0 Å². The van der Waals surface area contributed by atoms with Gasteiger partial charge in [0.25, 0.3) is 0 Å². The van der Waals surface area contributed by atoms with E-state index in [1.54, 1.807) is 6.20 Å². The summed E-state index contributed by atoms with van der Waals surface area (Å²) in [4.78, 5) is 1.19. The lowest BCUT2D eigenvalue weighted by Gasteiger charge is -2.49. The molecule has 1 saturated carbocycles. The number of aliphatic hydroxyl groups is 1. The van der Waals surface area contributed by atoms with Crippen molar-refractivity contribution in [2.45, 2.75) is 38.7 Å². The Morgan fingerprint density at radius 2 is 2.23 bits per heavy atom. The Balaban J connectivity index is 1.97. The van der Waals surface area contributed by atoms with Crippen molar-refractivity contribution in [3.8, 4) is 0 Å². The molecule has 0 spiro atoms. The monoisotopic (exact) mass is 197 g/mol. The van der Waals surface area contributed by atoms with Crippen LogP contribution in [0.15, 0.2) is 12.3 Å². The van der Waals surface area contributed by atoms with E-state index in [2.05, 4.69) is 18.2 Å². The molecule has 1 fully saturated rings. The molecule has 0 aromatic carbocycles. The van der Waals surface area contributed by atoms with E-state index in [-0.39, 0.29) is 0 Å². The van der Waals surface area contributed by atoms with E-state index in [4.69, 9.17) is 0 Å². The van der Waals surface area contributed by atoms with Crippen LogP contribution in [0.1, 0.15) is 31.6 Å². The fourth-order valence-corrected chi connectivity index (χ4v) is 3.22. The molecule has 2 nitrogen and oxygen atoms in total. The van der Waals surface area contributed by atoms with E-state index in [1.165, 1.54) is 16.4 Å². The van der Waals surface area contributed by atoms with Gasteiger partial charge in [-0.3, -0.25) is 0 Å². The molecule has 0 atom stereocenters. The Morgan fingerprint density at radius 3 is 2.69 bits per heavy atom. The van der Waals surface area contributed by atoms with Gasteiger partial charge in [-0.1, -0.05) is 13.8 Å². The molecule has 0 aliphatic heterocycles. The van der Waals surface area contributed by atoms with E-state index in [9.17, 15) is 5.11 Å². The van der Waals surface area contributed by atoms with Crippen molar-refractivity contribution in [3.63, 3.8) is 0 Å². The van der Waals surface area contributed by atoms with Gasteiger partial charge in [0, 0.05) is 17.5 Å². The summed E-state index contributed by atoms with van der Waals surface area (Å²) in [5.41, 5.74) is -0.116. The number of hydrogen-bond donors (Lipinski definition) is 1. The van der Waals surface area contributed by atoms with Gasteiger partial charge < -0.3 is 5.11 Å². The minimum Gasteiger partial charge on any atom is -0.389 e. The van der Waals surface area contributed by atoms with E-state index < -0.39 is 5.60 Å². The van der Waals surface area contributed by atoms with Gasteiger partial charge in [-0.05, 0) is 35.9 Å². The van der Waals surface area contributed by atoms with Crippen LogP contribution in [0, 0.1) is 5.41 Å². The molecule has 1 heterocycles. The third-order valence-electron chi connectivity index (χ3n) is 2.61. The summed E-state index contributed by atoms with van der Waals surface area (Å²) >= 11 is 1.49. The Kier molecular flexibility index (Phi) is 1.96. The highest BCUT2D eigenvalue weighted by molar-refractivity contribution is 7.05. The molecule has 0 unspecified atom stereocenters. The van der Waals surface area contributed by atoms with Crippen LogP contribution >= 0.6 is 11.5 Å². The van der Waals surface area contributed by atoms with E-state index in [0.717, 1.165) is 19.3 Å². The summed E-state index contributed by atoms with van der Waals surface area (Å²) in [6.45, 7) is 4.41. The predicted molar refractivity (Wildman–Crippen MR) is 53.8 cm³/mol. The molecule has 1 aliphatic carbocycles. The molecular weight excluding hydrogens is 182 g/mol. The van der Waals surface area contributed by atoms with Crippen molar-refractivity contribution in [1.29, 1.82) is 0 Å². The Bertz CT molecular complexity index is 284. The summed E-state index contributed by atoms with van der Waals surface area (Å²) in [6.07, 6.45) is 4.41.